The van der Waals surface area contributed by atoms with Crippen LogP contribution in [0.3, 0.4) is 0 Å². The van der Waals surface area contributed by atoms with Crippen molar-refractivity contribution >= 4 is 28.7 Å². The Hall–Kier alpha value is -1.28. The molecule has 2 heterocycles. The maximum Gasteiger partial charge on any atom is 0.204 e. The number of para-hydroxylation sites is 1. The van der Waals surface area contributed by atoms with Gasteiger partial charge in [0.05, 0.1) is 11.0 Å². The van der Waals surface area contributed by atoms with Crippen molar-refractivity contribution in [1.29, 1.82) is 0 Å². The molecule has 0 amide bonds. The molecule has 0 aliphatic carbocycles. The molecule has 0 fully saturated rings. The Morgan fingerprint density at radius 2 is 2.31 bits per heavy atom. The molecule has 0 N–H and O–H groups in total. The Kier molecular flexibility index (Phi) is 1.30. The monoisotopic (exact) mass is 190 g/mol. The van der Waals surface area contributed by atoms with E-state index in [1.165, 1.54) is 5.56 Å². The van der Waals surface area contributed by atoms with Gasteiger partial charge in [-0.1, -0.05) is 24.3 Å². The van der Waals surface area contributed by atoms with Crippen molar-refractivity contribution in [2.45, 2.75) is 6.54 Å². The van der Waals surface area contributed by atoms with E-state index in [4.69, 9.17) is 11.6 Å². The van der Waals surface area contributed by atoms with Gasteiger partial charge < -0.3 is 4.57 Å². The first kappa shape index (κ1) is 7.15. The van der Waals surface area contributed by atoms with Gasteiger partial charge in [0.25, 0.3) is 0 Å². The van der Waals surface area contributed by atoms with E-state index in [1.54, 1.807) is 0 Å². The predicted molar refractivity (Wildman–Crippen MR) is 53.8 cm³/mol. The second-order valence-electron chi connectivity index (χ2n) is 3.11. The molecule has 3 rings (SSSR count). The van der Waals surface area contributed by atoms with Crippen LogP contribution in [0.1, 0.15) is 5.56 Å². The van der Waals surface area contributed by atoms with Gasteiger partial charge in [-0.3, -0.25) is 0 Å². The van der Waals surface area contributed by atoms with Crippen molar-refractivity contribution in [1.82, 2.24) is 9.55 Å². The number of halogens is 1. The largest absolute Gasteiger partial charge is 0.310 e. The van der Waals surface area contributed by atoms with Crippen molar-refractivity contribution in [3.05, 3.63) is 35.1 Å². The summed E-state index contributed by atoms with van der Waals surface area (Å²) in [5.74, 6) is 0. The lowest BCUT2D eigenvalue weighted by Crippen LogP contribution is -1.99. The van der Waals surface area contributed by atoms with E-state index in [1.807, 2.05) is 16.7 Å². The minimum absolute atomic E-state index is 0.576. The summed E-state index contributed by atoms with van der Waals surface area (Å²) in [6, 6.07) is 6.06. The second-order valence-corrected chi connectivity index (χ2v) is 3.45. The highest BCUT2D eigenvalue weighted by Gasteiger charge is 2.12. The van der Waals surface area contributed by atoms with Gasteiger partial charge in [0.2, 0.25) is 5.28 Å². The summed E-state index contributed by atoms with van der Waals surface area (Å²) >= 11 is 5.99. The zero-order valence-electron chi connectivity index (χ0n) is 6.87. The number of aromatic nitrogens is 2. The molecule has 0 radical (unpaired) electrons. The maximum atomic E-state index is 5.99. The first-order valence-corrected chi connectivity index (χ1v) is 4.55. The molecule has 64 valence electrons. The van der Waals surface area contributed by atoms with Crippen LogP contribution < -0.4 is 0 Å². The van der Waals surface area contributed by atoms with Gasteiger partial charge in [-0.2, -0.15) is 0 Å². The fourth-order valence-corrected chi connectivity index (χ4v) is 2.02. The Morgan fingerprint density at radius 1 is 1.38 bits per heavy atom. The molecule has 0 spiro atoms. The van der Waals surface area contributed by atoms with Gasteiger partial charge in [0.1, 0.15) is 0 Å². The van der Waals surface area contributed by atoms with Gasteiger partial charge in [0, 0.05) is 12.1 Å². The molecular formula is C10H7ClN2. The van der Waals surface area contributed by atoms with Gasteiger partial charge in [-0.05, 0) is 17.7 Å². The SMILES string of the molecule is Clc1nc2cccc3c2n1CC=C3. The zero-order chi connectivity index (χ0) is 8.84. The minimum atomic E-state index is 0.576. The predicted octanol–water partition coefficient (Wildman–Crippen LogP) is 2.72. The third-order valence-corrected chi connectivity index (χ3v) is 2.63. The molecule has 0 unspecified atom stereocenters. The Balaban J connectivity index is 2.56. The lowest BCUT2D eigenvalue weighted by Gasteiger charge is -2.08. The number of hydrogen-bond acceptors (Lipinski definition) is 1. The molecular weight excluding hydrogens is 184 g/mol. The molecule has 0 saturated heterocycles. The Morgan fingerprint density at radius 3 is 3.23 bits per heavy atom. The van der Waals surface area contributed by atoms with E-state index in [0.29, 0.717) is 5.28 Å². The third kappa shape index (κ3) is 0.864. The molecule has 1 aliphatic heterocycles. The van der Waals surface area contributed by atoms with Crippen LogP contribution in [0, 0.1) is 0 Å². The molecule has 0 bridgehead atoms. The summed E-state index contributed by atoms with van der Waals surface area (Å²) in [7, 11) is 0. The fourth-order valence-electron chi connectivity index (χ4n) is 1.77. The van der Waals surface area contributed by atoms with Crippen molar-refractivity contribution in [3.63, 3.8) is 0 Å². The lowest BCUT2D eigenvalue weighted by atomic mass is 10.1. The number of imidazole rings is 1. The first-order valence-electron chi connectivity index (χ1n) is 4.17. The molecule has 3 heteroatoms. The van der Waals surface area contributed by atoms with Crippen LogP contribution in [-0.2, 0) is 6.54 Å². The van der Waals surface area contributed by atoms with E-state index < -0.39 is 0 Å². The van der Waals surface area contributed by atoms with E-state index in [9.17, 15) is 0 Å². The van der Waals surface area contributed by atoms with Crippen molar-refractivity contribution in [3.8, 4) is 0 Å². The Bertz CT molecular complexity index is 511. The normalized spacial score (nSPS) is 13.9. The summed E-state index contributed by atoms with van der Waals surface area (Å²) in [6.45, 7) is 0.826. The smallest absolute Gasteiger partial charge is 0.204 e. The maximum absolute atomic E-state index is 5.99. The van der Waals surface area contributed by atoms with Crippen LogP contribution in [0.2, 0.25) is 5.28 Å². The average molecular weight is 191 g/mol. The number of nitrogens with zero attached hydrogens (tertiary/aromatic N) is 2. The molecule has 1 aliphatic rings. The molecule has 2 aromatic rings. The van der Waals surface area contributed by atoms with Gasteiger partial charge >= 0.3 is 0 Å². The molecule has 0 atom stereocenters. The minimum Gasteiger partial charge on any atom is -0.310 e. The summed E-state index contributed by atoms with van der Waals surface area (Å²) in [6.07, 6.45) is 4.20. The molecule has 2 nitrogen and oxygen atoms in total. The van der Waals surface area contributed by atoms with Crippen molar-refractivity contribution in [2.75, 3.05) is 0 Å². The van der Waals surface area contributed by atoms with Gasteiger partial charge in [0.15, 0.2) is 0 Å². The standard InChI is InChI=1S/C10H7ClN2/c11-10-12-8-5-1-3-7-4-2-6-13(10)9(7)8/h1-5H,6H2. The van der Waals surface area contributed by atoms with Gasteiger partial charge in [-0.15, -0.1) is 0 Å². The van der Waals surface area contributed by atoms with Crippen LogP contribution in [0.4, 0.5) is 0 Å². The lowest BCUT2D eigenvalue weighted by molar-refractivity contribution is 0.846. The summed E-state index contributed by atoms with van der Waals surface area (Å²) in [4.78, 5) is 4.27. The summed E-state index contributed by atoms with van der Waals surface area (Å²) in [5.41, 5.74) is 3.32. The van der Waals surface area contributed by atoms with E-state index in [-0.39, 0.29) is 0 Å². The Labute approximate surface area is 80.5 Å². The first-order chi connectivity index (χ1) is 6.36. The second kappa shape index (κ2) is 2.36. The van der Waals surface area contributed by atoms with Crippen LogP contribution in [0.15, 0.2) is 24.3 Å². The van der Waals surface area contributed by atoms with Crippen molar-refractivity contribution in [2.24, 2.45) is 0 Å². The fraction of sp³-hybridized carbons (Fsp3) is 0.100. The molecule has 13 heavy (non-hydrogen) atoms. The van der Waals surface area contributed by atoms with Crippen molar-refractivity contribution < 1.29 is 0 Å². The topological polar surface area (TPSA) is 17.8 Å². The highest BCUT2D eigenvalue weighted by atomic mass is 35.5. The summed E-state index contributed by atoms with van der Waals surface area (Å²) in [5, 5.41) is 0.576. The third-order valence-electron chi connectivity index (χ3n) is 2.34. The number of allylic oxidation sites excluding steroid dienone is 1. The highest BCUT2D eigenvalue weighted by molar-refractivity contribution is 6.29. The molecule has 0 saturated carbocycles. The highest BCUT2D eigenvalue weighted by Crippen LogP contribution is 2.26. The van der Waals surface area contributed by atoms with Crippen LogP contribution in [-0.4, -0.2) is 9.55 Å². The summed E-state index contributed by atoms with van der Waals surface area (Å²) < 4.78 is 2.02. The van der Waals surface area contributed by atoms with Crippen LogP contribution >= 0.6 is 11.6 Å². The molecule has 1 aromatic carbocycles. The van der Waals surface area contributed by atoms with E-state index in [0.717, 1.165) is 17.6 Å². The van der Waals surface area contributed by atoms with E-state index in [2.05, 4.69) is 23.2 Å². The van der Waals surface area contributed by atoms with Gasteiger partial charge in [-0.25, -0.2) is 4.98 Å². The van der Waals surface area contributed by atoms with E-state index >= 15 is 0 Å². The average Bonchev–Trinajstić information content (AvgIpc) is 2.47. The van der Waals surface area contributed by atoms with Crippen LogP contribution in [0.25, 0.3) is 17.1 Å². The molecule has 1 aromatic heterocycles. The quantitative estimate of drug-likeness (QED) is 0.625. The number of benzene rings is 1. The number of hydrogen-bond donors (Lipinski definition) is 0. The van der Waals surface area contributed by atoms with Crippen LogP contribution in [0.5, 0.6) is 0 Å². The number of rotatable bonds is 0. The zero-order valence-corrected chi connectivity index (χ0v) is 7.62.